The van der Waals surface area contributed by atoms with Crippen LogP contribution in [0.4, 0.5) is 0 Å². The quantitative estimate of drug-likeness (QED) is 0.752. The Bertz CT molecular complexity index is 1070. The lowest BCUT2D eigenvalue weighted by Crippen LogP contribution is -2.42. The number of piperidine rings is 1. The Balaban J connectivity index is 1.63. The number of rotatable bonds is 4. The molecule has 158 valence electrons. The van der Waals surface area contributed by atoms with Crippen LogP contribution in [0.3, 0.4) is 0 Å². The van der Waals surface area contributed by atoms with Gasteiger partial charge < -0.3 is 9.32 Å². The molecular weight excluding hydrogens is 394 g/mol. The Labute approximate surface area is 170 Å². The van der Waals surface area contributed by atoms with Gasteiger partial charge in [-0.2, -0.15) is 4.31 Å². The van der Waals surface area contributed by atoms with Crippen LogP contribution >= 0.6 is 0 Å². The molecule has 2 atom stereocenters. The highest BCUT2D eigenvalue weighted by Gasteiger charge is 2.32. The first kappa shape index (κ1) is 20.2. The lowest BCUT2D eigenvalue weighted by atomic mass is 9.94. The Kier molecular flexibility index (Phi) is 5.29. The predicted octanol–water partition coefficient (Wildman–Crippen LogP) is 1.88. The summed E-state index contributed by atoms with van der Waals surface area (Å²) >= 11 is 0. The highest BCUT2D eigenvalue weighted by atomic mass is 32.2. The van der Waals surface area contributed by atoms with E-state index >= 15 is 0 Å². The van der Waals surface area contributed by atoms with Crippen LogP contribution in [0.2, 0.25) is 0 Å². The third kappa shape index (κ3) is 3.85. The number of sulfonamides is 1. The normalized spacial score (nSPS) is 23.7. The van der Waals surface area contributed by atoms with Crippen molar-refractivity contribution < 1.29 is 17.6 Å². The Morgan fingerprint density at radius 1 is 1.14 bits per heavy atom. The van der Waals surface area contributed by atoms with Crippen LogP contribution in [0.15, 0.2) is 32.3 Å². The largest absolute Gasteiger partial charge is 0.420 e. The SMILES string of the molecule is C[C@@H]1C[C@@H](C)CN(S(=O)(=O)c2ccc3c(c2)oc(=O)n3CC(=O)N2CCCC2)C1. The van der Waals surface area contributed by atoms with E-state index in [1.54, 1.807) is 11.0 Å². The maximum Gasteiger partial charge on any atom is 0.420 e. The summed E-state index contributed by atoms with van der Waals surface area (Å²) in [5.74, 6) is -0.177. The van der Waals surface area contributed by atoms with Crippen LogP contribution in [0, 0.1) is 11.8 Å². The number of nitrogens with zero attached hydrogens (tertiary/aromatic N) is 3. The van der Waals surface area contributed by atoms with Crippen molar-refractivity contribution in [2.24, 2.45) is 11.8 Å². The van der Waals surface area contributed by atoms with Crippen LogP contribution in [-0.4, -0.2) is 54.3 Å². The molecule has 29 heavy (non-hydrogen) atoms. The molecule has 0 unspecified atom stereocenters. The number of amides is 1. The Hall–Kier alpha value is -2.13. The summed E-state index contributed by atoms with van der Waals surface area (Å²) in [7, 11) is -3.67. The molecule has 2 aromatic rings. The molecule has 1 aromatic carbocycles. The first-order valence-corrected chi connectivity index (χ1v) is 11.6. The average Bonchev–Trinajstić information content (AvgIpc) is 3.29. The van der Waals surface area contributed by atoms with E-state index in [0.717, 1.165) is 19.3 Å². The number of hydrogen-bond donors (Lipinski definition) is 0. The van der Waals surface area contributed by atoms with Gasteiger partial charge in [-0.05, 0) is 43.2 Å². The molecule has 2 aliphatic heterocycles. The molecule has 2 aliphatic rings. The number of oxazole rings is 1. The zero-order valence-electron chi connectivity index (χ0n) is 16.8. The Morgan fingerprint density at radius 3 is 2.45 bits per heavy atom. The van der Waals surface area contributed by atoms with E-state index in [4.69, 9.17) is 4.42 Å². The number of carbonyl (C=O) groups is 1. The van der Waals surface area contributed by atoms with E-state index in [-0.39, 0.29) is 22.9 Å². The van der Waals surface area contributed by atoms with Crippen LogP contribution < -0.4 is 5.76 Å². The van der Waals surface area contributed by atoms with Crippen molar-refractivity contribution in [2.75, 3.05) is 26.2 Å². The summed E-state index contributed by atoms with van der Waals surface area (Å²) in [5.41, 5.74) is 0.616. The third-order valence-corrected chi connectivity index (χ3v) is 7.69. The molecule has 0 spiro atoms. The van der Waals surface area contributed by atoms with Gasteiger partial charge in [0.1, 0.15) is 6.54 Å². The molecule has 0 bridgehead atoms. The summed E-state index contributed by atoms with van der Waals surface area (Å²) in [5, 5.41) is 0. The van der Waals surface area contributed by atoms with E-state index in [1.165, 1.54) is 21.0 Å². The fourth-order valence-corrected chi connectivity index (χ4v) is 6.21. The molecule has 2 saturated heterocycles. The number of fused-ring (bicyclic) bond motifs is 1. The molecule has 8 nitrogen and oxygen atoms in total. The number of benzene rings is 1. The van der Waals surface area contributed by atoms with Crippen LogP contribution in [-0.2, 0) is 21.4 Å². The molecule has 3 heterocycles. The van der Waals surface area contributed by atoms with E-state index in [0.29, 0.717) is 43.5 Å². The number of aromatic nitrogens is 1. The van der Waals surface area contributed by atoms with E-state index < -0.39 is 15.8 Å². The minimum Gasteiger partial charge on any atom is -0.408 e. The monoisotopic (exact) mass is 421 g/mol. The van der Waals surface area contributed by atoms with Gasteiger partial charge in [-0.1, -0.05) is 13.8 Å². The zero-order chi connectivity index (χ0) is 20.8. The van der Waals surface area contributed by atoms with Crippen molar-refractivity contribution in [2.45, 2.75) is 44.6 Å². The minimum absolute atomic E-state index is 0.0981. The molecule has 2 fully saturated rings. The second-order valence-corrected chi connectivity index (χ2v) is 10.4. The van der Waals surface area contributed by atoms with Gasteiger partial charge >= 0.3 is 5.76 Å². The van der Waals surface area contributed by atoms with Crippen molar-refractivity contribution in [1.82, 2.24) is 13.8 Å². The van der Waals surface area contributed by atoms with E-state index in [2.05, 4.69) is 13.8 Å². The molecule has 0 N–H and O–H groups in total. The van der Waals surface area contributed by atoms with Crippen molar-refractivity contribution >= 4 is 27.0 Å². The first-order chi connectivity index (χ1) is 13.8. The average molecular weight is 422 g/mol. The van der Waals surface area contributed by atoms with Gasteiger partial charge in [0.05, 0.1) is 10.4 Å². The molecule has 0 radical (unpaired) electrons. The highest BCUT2D eigenvalue weighted by molar-refractivity contribution is 7.89. The van der Waals surface area contributed by atoms with Gasteiger partial charge in [0.15, 0.2) is 5.58 Å². The summed E-state index contributed by atoms with van der Waals surface area (Å²) in [6, 6.07) is 4.45. The van der Waals surface area contributed by atoms with Gasteiger partial charge in [-0.3, -0.25) is 9.36 Å². The maximum absolute atomic E-state index is 13.1. The van der Waals surface area contributed by atoms with Gasteiger partial charge in [-0.25, -0.2) is 13.2 Å². The molecule has 0 aliphatic carbocycles. The first-order valence-electron chi connectivity index (χ1n) is 10.2. The molecule has 0 saturated carbocycles. The maximum atomic E-state index is 13.1. The molecule has 4 rings (SSSR count). The Morgan fingerprint density at radius 2 is 1.79 bits per heavy atom. The van der Waals surface area contributed by atoms with Crippen molar-refractivity contribution in [3.63, 3.8) is 0 Å². The van der Waals surface area contributed by atoms with Gasteiger partial charge in [0.25, 0.3) is 0 Å². The fourth-order valence-electron chi connectivity index (χ4n) is 4.51. The number of carbonyl (C=O) groups excluding carboxylic acids is 1. The predicted molar refractivity (Wildman–Crippen MR) is 108 cm³/mol. The smallest absolute Gasteiger partial charge is 0.408 e. The molecular formula is C20H27N3O5S. The molecule has 1 amide bonds. The zero-order valence-corrected chi connectivity index (χ0v) is 17.7. The van der Waals surface area contributed by atoms with Crippen molar-refractivity contribution in [3.8, 4) is 0 Å². The second-order valence-electron chi connectivity index (χ2n) is 8.44. The van der Waals surface area contributed by atoms with Crippen molar-refractivity contribution in [3.05, 3.63) is 28.7 Å². The lowest BCUT2D eigenvalue weighted by molar-refractivity contribution is -0.130. The summed E-state index contributed by atoms with van der Waals surface area (Å²) < 4.78 is 34.3. The summed E-state index contributed by atoms with van der Waals surface area (Å²) in [6.07, 6.45) is 2.96. The lowest BCUT2D eigenvalue weighted by Gasteiger charge is -2.34. The second kappa shape index (κ2) is 7.60. The highest BCUT2D eigenvalue weighted by Crippen LogP contribution is 2.28. The molecule has 9 heteroatoms. The standard InChI is InChI=1S/C20H27N3O5S/c1-14-9-15(2)12-22(11-14)29(26,27)16-5-6-17-18(10-16)28-20(25)23(17)13-19(24)21-7-3-4-8-21/h5-6,10,14-15H,3-4,7-9,11-13H2,1-2H3/t14-,15-/m1/s1. The number of likely N-dealkylation sites (tertiary alicyclic amines) is 1. The van der Waals surface area contributed by atoms with Crippen LogP contribution in [0.1, 0.15) is 33.1 Å². The summed E-state index contributed by atoms with van der Waals surface area (Å²) in [6.45, 7) is 6.39. The minimum atomic E-state index is -3.67. The molecule has 1 aromatic heterocycles. The van der Waals surface area contributed by atoms with Crippen LogP contribution in [0.5, 0.6) is 0 Å². The van der Waals surface area contributed by atoms with E-state index in [9.17, 15) is 18.0 Å². The van der Waals surface area contributed by atoms with Gasteiger partial charge in [0, 0.05) is 32.2 Å². The van der Waals surface area contributed by atoms with Gasteiger partial charge in [0.2, 0.25) is 15.9 Å². The fraction of sp³-hybridized carbons (Fsp3) is 0.600. The van der Waals surface area contributed by atoms with Crippen LogP contribution in [0.25, 0.3) is 11.1 Å². The topological polar surface area (TPSA) is 92.8 Å². The number of hydrogen-bond acceptors (Lipinski definition) is 5. The van der Waals surface area contributed by atoms with Gasteiger partial charge in [-0.15, -0.1) is 0 Å². The van der Waals surface area contributed by atoms with E-state index in [1.807, 2.05) is 0 Å². The third-order valence-electron chi connectivity index (χ3n) is 5.86. The summed E-state index contributed by atoms with van der Waals surface area (Å²) in [4.78, 5) is 26.6. The van der Waals surface area contributed by atoms with Crippen molar-refractivity contribution in [1.29, 1.82) is 0 Å².